The predicted octanol–water partition coefficient (Wildman–Crippen LogP) is 9.28. The van der Waals surface area contributed by atoms with Crippen LogP contribution in [-0.4, -0.2) is 35.9 Å². The molecular formula is C40H49ClN2O. The molecule has 4 heteroatoms. The number of rotatable bonds is 12. The summed E-state index contributed by atoms with van der Waals surface area (Å²) < 4.78 is 0. The fourth-order valence-electron chi connectivity index (χ4n) is 6.48. The van der Waals surface area contributed by atoms with E-state index in [4.69, 9.17) is 11.6 Å². The van der Waals surface area contributed by atoms with Crippen LogP contribution in [0.2, 0.25) is 5.02 Å². The van der Waals surface area contributed by atoms with Crippen molar-refractivity contribution in [3.63, 3.8) is 0 Å². The van der Waals surface area contributed by atoms with Crippen molar-refractivity contribution in [3.05, 3.63) is 143 Å². The molecule has 44 heavy (non-hydrogen) atoms. The van der Waals surface area contributed by atoms with Crippen LogP contribution < -0.4 is 5.32 Å². The monoisotopic (exact) mass is 608 g/mol. The van der Waals surface area contributed by atoms with E-state index in [0.717, 1.165) is 54.2 Å². The number of nitrogens with one attached hydrogen (secondary N) is 1. The van der Waals surface area contributed by atoms with Crippen LogP contribution in [-0.2, 0) is 23.2 Å². The van der Waals surface area contributed by atoms with E-state index < -0.39 is 5.41 Å². The Morgan fingerprint density at radius 1 is 0.773 bits per heavy atom. The lowest BCUT2D eigenvalue weighted by molar-refractivity contribution is -0.123. The van der Waals surface area contributed by atoms with Gasteiger partial charge in [-0.05, 0) is 80.9 Å². The van der Waals surface area contributed by atoms with Crippen LogP contribution in [0.1, 0.15) is 75.1 Å². The topological polar surface area (TPSA) is 32.3 Å². The van der Waals surface area contributed by atoms with Gasteiger partial charge in [0, 0.05) is 30.1 Å². The molecule has 1 aliphatic rings. The van der Waals surface area contributed by atoms with Gasteiger partial charge in [0.1, 0.15) is 5.78 Å². The normalized spacial score (nSPS) is 15.1. The Morgan fingerprint density at radius 3 is 1.84 bits per heavy atom. The minimum Gasteiger partial charge on any atom is -0.310 e. The van der Waals surface area contributed by atoms with E-state index in [9.17, 15) is 4.79 Å². The molecule has 0 bridgehead atoms. The summed E-state index contributed by atoms with van der Waals surface area (Å²) >= 11 is 6.13. The van der Waals surface area contributed by atoms with Crippen LogP contribution in [0.3, 0.4) is 0 Å². The number of Topliss-reactive ketones (excluding diaryl/α,β-unsaturated/α-hetero) is 1. The average Bonchev–Trinajstić information content (AvgIpc) is 3.08. The second-order valence-electron chi connectivity index (χ2n) is 12.1. The van der Waals surface area contributed by atoms with Crippen molar-refractivity contribution in [1.82, 2.24) is 10.2 Å². The third kappa shape index (κ3) is 9.14. The Balaban J connectivity index is 0.000000215. The van der Waals surface area contributed by atoms with Gasteiger partial charge in [-0.1, -0.05) is 134 Å². The van der Waals surface area contributed by atoms with Gasteiger partial charge in [-0.15, -0.1) is 0 Å². The first-order valence-electron chi connectivity index (χ1n) is 16.3. The molecule has 1 saturated heterocycles. The summed E-state index contributed by atoms with van der Waals surface area (Å²) in [5.74, 6) is 0.318. The van der Waals surface area contributed by atoms with Gasteiger partial charge in [0.15, 0.2) is 0 Å². The quantitative estimate of drug-likeness (QED) is 0.174. The minimum atomic E-state index is -0.561. The van der Waals surface area contributed by atoms with Gasteiger partial charge in [0.05, 0.1) is 5.41 Å². The van der Waals surface area contributed by atoms with E-state index in [1.165, 1.54) is 24.8 Å². The molecule has 1 heterocycles. The third-order valence-corrected chi connectivity index (χ3v) is 9.30. The standard InChI is InChI=1S/C24H31NO.C16H18ClN/c1-3-23(26)24(21-13-7-4-8-14-21,22-15-9-5-10-16-22)19-20(2)25-17-11-6-12-18-25;1-13(11-14-7-3-2-4-8-14)18-12-15-9-5-6-10-16(15)17/h4-5,7-10,13-16,20H,3,6,11-12,17-19H2,1-2H3;2-10,13,18H,11-12H2,1H3. The molecule has 0 radical (unpaired) electrons. The van der Waals surface area contributed by atoms with Gasteiger partial charge in [-0.25, -0.2) is 0 Å². The molecule has 2 unspecified atom stereocenters. The van der Waals surface area contributed by atoms with Gasteiger partial charge in [-0.2, -0.15) is 0 Å². The van der Waals surface area contributed by atoms with Crippen molar-refractivity contribution in [2.75, 3.05) is 13.1 Å². The fraction of sp³-hybridized carbons (Fsp3) is 0.375. The van der Waals surface area contributed by atoms with Crippen LogP contribution in [0.5, 0.6) is 0 Å². The zero-order chi connectivity index (χ0) is 31.2. The van der Waals surface area contributed by atoms with Crippen molar-refractivity contribution in [2.24, 2.45) is 0 Å². The molecule has 1 aliphatic heterocycles. The van der Waals surface area contributed by atoms with Gasteiger partial charge >= 0.3 is 0 Å². The molecule has 0 spiro atoms. The summed E-state index contributed by atoms with van der Waals surface area (Å²) in [6.45, 7) is 9.61. The number of halogens is 1. The number of benzene rings is 4. The Hall–Kier alpha value is -3.24. The number of hydrogen-bond donors (Lipinski definition) is 1. The number of hydrogen-bond acceptors (Lipinski definition) is 3. The zero-order valence-corrected chi connectivity index (χ0v) is 27.5. The molecule has 0 saturated carbocycles. The van der Waals surface area contributed by atoms with Crippen LogP contribution in [0.15, 0.2) is 115 Å². The van der Waals surface area contributed by atoms with Gasteiger partial charge in [0.2, 0.25) is 0 Å². The van der Waals surface area contributed by atoms with Crippen LogP contribution in [0.25, 0.3) is 0 Å². The molecule has 232 valence electrons. The maximum atomic E-state index is 13.4. The predicted molar refractivity (Wildman–Crippen MR) is 186 cm³/mol. The smallest absolute Gasteiger partial charge is 0.147 e. The van der Waals surface area contributed by atoms with Crippen molar-refractivity contribution in [3.8, 4) is 0 Å². The van der Waals surface area contributed by atoms with E-state index in [0.29, 0.717) is 24.3 Å². The second-order valence-corrected chi connectivity index (χ2v) is 12.5. The number of carbonyl (C=O) groups excluding carboxylic acids is 1. The first-order chi connectivity index (χ1) is 21.4. The molecule has 4 aromatic rings. The lowest BCUT2D eigenvalue weighted by Gasteiger charge is -2.40. The van der Waals surface area contributed by atoms with E-state index in [-0.39, 0.29) is 0 Å². The van der Waals surface area contributed by atoms with Gasteiger partial charge < -0.3 is 10.2 Å². The lowest BCUT2D eigenvalue weighted by Crippen LogP contribution is -2.46. The number of carbonyl (C=O) groups is 1. The fourth-order valence-corrected chi connectivity index (χ4v) is 6.68. The molecule has 3 nitrogen and oxygen atoms in total. The van der Waals surface area contributed by atoms with Crippen LogP contribution in [0.4, 0.5) is 0 Å². The SMILES string of the molecule is CC(Cc1ccccc1)NCc1ccccc1Cl.CCC(=O)C(CC(C)N1CCCCC1)(c1ccccc1)c1ccccc1. The molecule has 0 amide bonds. The van der Waals surface area contributed by atoms with Gasteiger partial charge in [0.25, 0.3) is 0 Å². The summed E-state index contributed by atoms with van der Waals surface area (Å²) in [5, 5.41) is 4.33. The Bertz CT molecular complexity index is 1350. The maximum Gasteiger partial charge on any atom is 0.147 e. The molecular weight excluding hydrogens is 560 g/mol. The second kappa shape index (κ2) is 17.3. The molecule has 2 atom stereocenters. The zero-order valence-electron chi connectivity index (χ0n) is 26.7. The van der Waals surface area contributed by atoms with Crippen LogP contribution in [0, 0.1) is 0 Å². The maximum absolute atomic E-state index is 13.4. The number of nitrogens with zero attached hydrogens (tertiary/aromatic N) is 1. The molecule has 4 aromatic carbocycles. The number of piperidine rings is 1. The highest BCUT2D eigenvalue weighted by Gasteiger charge is 2.42. The summed E-state index contributed by atoms with van der Waals surface area (Å²) in [4.78, 5) is 16.0. The average molecular weight is 609 g/mol. The van der Waals surface area contributed by atoms with E-state index in [1.54, 1.807) is 0 Å². The Morgan fingerprint density at radius 2 is 1.30 bits per heavy atom. The first kappa shape index (κ1) is 33.6. The molecule has 0 aliphatic carbocycles. The number of ketones is 1. The van der Waals surface area contributed by atoms with E-state index in [1.807, 2.05) is 43.3 Å². The highest BCUT2D eigenvalue weighted by atomic mass is 35.5. The third-order valence-electron chi connectivity index (χ3n) is 8.93. The molecule has 1 N–H and O–H groups in total. The minimum absolute atomic E-state index is 0.318. The van der Waals surface area contributed by atoms with Crippen molar-refractivity contribution < 1.29 is 4.79 Å². The molecule has 1 fully saturated rings. The lowest BCUT2D eigenvalue weighted by atomic mass is 9.66. The van der Waals surface area contributed by atoms with Crippen LogP contribution >= 0.6 is 11.6 Å². The summed E-state index contributed by atoms with van der Waals surface area (Å²) in [5.41, 5.74) is 4.20. The highest BCUT2D eigenvalue weighted by molar-refractivity contribution is 6.31. The number of likely N-dealkylation sites (tertiary alicyclic amines) is 1. The first-order valence-corrected chi connectivity index (χ1v) is 16.7. The summed E-state index contributed by atoms with van der Waals surface area (Å²) in [6.07, 6.45) is 6.31. The van der Waals surface area contributed by atoms with Crippen molar-refractivity contribution in [2.45, 2.75) is 83.3 Å². The van der Waals surface area contributed by atoms with E-state index in [2.05, 4.69) is 103 Å². The van der Waals surface area contributed by atoms with E-state index >= 15 is 0 Å². The highest BCUT2D eigenvalue weighted by Crippen LogP contribution is 2.40. The molecule has 5 rings (SSSR count). The summed E-state index contributed by atoms with van der Waals surface area (Å²) in [6, 6.07) is 40.1. The Kier molecular flexibility index (Phi) is 13.2. The van der Waals surface area contributed by atoms with Crippen molar-refractivity contribution >= 4 is 17.4 Å². The van der Waals surface area contributed by atoms with Crippen molar-refractivity contribution in [1.29, 1.82) is 0 Å². The Labute approximate surface area is 270 Å². The molecule has 0 aromatic heterocycles. The largest absolute Gasteiger partial charge is 0.310 e. The van der Waals surface area contributed by atoms with Gasteiger partial charge in [-0.3, -0.25) is 4.79 Å². The summed E-state index contributed by atoms with van der Waals surface area (Å²) in [7, 11) is 0.